The van der Waals surface area contributed by atoms with Crippen LogP contribution in [0.2, 0.25) is 0 Å². The van der Waals surface area contributed by atoms with E-state index in [-0.39, 0.29) is 18.9 Å². The Kier molecular flexibility index (Phi) is 7.87. The summed E-state index contributed by atoms with van der Waals surface area (Å²) < 4.78 is 5.54. The van der Waals surface area contributed by atoms with E-state index in [1.165, 1.54) is 0 Å². The van der Waals surface area contributed by atoms with Crippen molar-refractivity contribution in [2.24, 2.45) is 0 Å². The monoisotopic (exact) mass is 438 g/mol. The first kappa shape index (κ1) is 23.3. The van der Waals surface area contributed by atoms with Gasteiger partial charge in [0.2, 0.25) is 5.91 Å². The molecule has 170 valence electrons. The van der Waals surface area contributed by atoms with E-state index >= 15 is 0 Å². The molecule has 3 rings (SSSR count). The van der Waals surface area contributed by atoms with Gasteiger partial charge in [-0.2, -0.15) is 0 Å². The average molecular weight is 439 g/mol. The Morgan fingerprint density at radius 2 is 1.56 bits per heavy atom. The largest absolute Gasteiger partial charge is 0.480 e. The fourth-order valence-corrected chi connectivity index (χ4v) is 4.13. The molecule has 2 aromatic rings. The summed E-state index contributed by atoms with van der Waals surface area (Å²) >= 11 is 0. The molecule has 2 atom stereocenters. The van der Waals surface area contributed by atoms with E-state index in [4.69, 9.17) is 4.74 Å². The second-order valence-electron chi connectivity index (χ2n) is 8.03. The van der Waals surface area contributed by atoms with Gasteiger partial charge in [-0.25, -0.2) is 9.59 Å². The summed E-state index contributed by atoms with van der Waals surface area (Å²) in [5, 5.41) is 14.5. The third-order valence-corrected chi connectivity index (χ3v) is 5.80. The van der Waals surface area contributed by atoms with Crippen LogP contribution < -0.4 is 10.6 Å². The molecule has 0 bridgehead atoms. The lowest BCUT2D eigenvalue weighted by atomic mass is 9.98. The van der Waals surface area contributed by atoms with Crippen molar-refractivity contribution in [1.29, 1.82) is 0 Å². The Morgan fingerprint density at radius 1 is 0.969 bits per heavy atom. The Morgan fingerprint density at radius 3 is 2.09 bits per heavy atom. The summed E-state index contributed by atoms with van der Waals surface area (Å²) in [4.78, 5) is 35.9. The van der Waals surface area contributed by atoms with Crippen LogP contribution in [0.3, 0.4) is 0 Å². The molecule has 7 heteroatoms. The van der Waals surface area contributed by atoms with E-state index in [0.717, 1.165) is 22.3 Å². The van der Waals surface area contributed by atoms with E-state index in [9.17, 15) is 19.5 Å². The van der Waals surface area contributed by atoms with Crippen molar-refractivity contribution in [2.45, 2.75) is 57.5 Å². The van der Waals surface area contributed by atoms with E-state index in [1.807, 2.05) is 38.1 Å². The molecule has 2 amide bonds. The molecule has 32 heavy (non-hydrogen) atoms. The molecule has 7 nitrogen and oxygen atoms in total. The Hall–Kier alpha value is -3.35. The summed E-state index contributed by atoms with van der Waals surface area (Å²) in [5.41, 5.74) is 4.56. The highest BCUT2D eigenvalue weighted by Gasteiger charge is 2.29. The van der Waals surface area contributed by atoms with Crippen molar-refractivity contribution >= 4 is 18.0 Å². The van der Waals surface area contributed by atoms with Crippen molar-refractivity contribution in [2.75, 3.05) is 6.61 Å². The number of ether oxygens (including phenoxy) is 1. The summed E-state index contributed by atoms with van der Waals surface area (Å²) in [5.74, 6) is -1.50. The van der Waals surface area contributed by atoms with Crippen molar-refractivity contribution in [3.05, 3.63) is 59.7 Å². The van der Waals surface area contributed by atoms with Gasteiger partial charge in [-0.3, -0.25) is 4.79 Å². The Labute approximate surface area is 188 Å². The average Bonchev–Trinajstić information content (AvgIpc) is 3.10. The first-order chi connectivity index (χ1) is 15.4. The molecule has 0 spiro atoms. The SMILES string of the molecule is CCC[C@@H](NC(=O)CC(CC)NC(=O)OCC1c2ccccc2-c2ccccc21)C(=O)O. The van der Waals surface area contributed by atoms with Crippen molar-refractivity contribution in [1.82, 2.24) is 10.6 Å². The summed E-state index contributed by atoms with van der Waals surface area (Å²) in [7, 11) is 0. The van der Waals surface area contributed by atoms with Crippen LogP contribution in [0, 0.1) is 0 Å². The number of alkyl carbamates (subject to hydrolysis) is 1. The van der Waals surface area contributed by atoms with Gasteiger partial charge in [0.05, 0.1) is 0 Å². The van der Waals surface area contributed by atoms with Crippen LogP contribution in [-0.4, -0.2) is 41.8 Å². The summed E-state index contributed by atoms with van der Waals surface area (Å²) in [6, 6.07) is 14.8. The molecule has 0 aromatic heterocycles. The van der Waals surface area contributed by atoms with Gasteiger partial charge in [0, 0.05) is 18.4 Å². The fourth-order valence-electron chi connectivity index (χ4n) is 4.13. The second kappa shape index (κ2) is 10.8. The minimum atomic E-state index is -1.06. The quantitative estimate of drug-likeness (QED) is 0.519. The lowest BCUT2D eigenvalue weighted by molar-refractivity contribution is -0.142. The first-order valence-corrected chi connectivity index (χ1v) is 11.1. The van der Waals surface area contributed by atoms with Gasteiger partial charge in [0.25, 0.3) is 0 Å². The molecule has 3 N–H and O–H groups in total. The predicted octanol–water partition coefficient (Wildman–Crippen LogP) is 4.06. The van der Waals surface area contributed by atoms with E-state index in [1.54, 1.807) is 0 Å². The zero-order chi connectivity index (χ0) is 23.1. The number of carbonyl (C=O) groups is 3. The zero-order valence-electron chi connectivity index (χ0n) is 18.5. The lowest BCUT2D eigenvalue weighted by Gasteiger charge is -2.20. The van der Waals surface area contributed by atoms with Crippen LogP contribution in [0.15, 0.2) is 48.5 Å². The van der Waals surface area contributed by atoms with Crippen molar-refractivity contribution < 1.29 is 24.2 Å². The van der Waals surface area contributed by atoms with Gasteiger partial charge in [-0.05, 0) is 35.1 Å². The van der Waals surface area contributed by atoms with Crippen LogP contribution in [0.25, 0.3) is 11.1 Å². The number of benzene rings is 2. The van der Waals surface area contributed by atoms with E-state index in [2.05, 4.69) is 34.9 Å². The van der Waals surface area contributed by atoms with Crippen LogP contribution in [0.4, 0.5) is 4.79 Å². The molecule has 0 aliphatic heterocycles. The Balaban J connectivity index is 1.56. The van der Waals surface area contributed by atoms with Gasteiger partial charge in [0.1, 0.15) is 12.6 Å². The number of carboxylic acids is 1. The van der Waals surface area contributed by atoms with Crippen LogP contribution in [0.5, 0.6) is 0 Å². The molecular weight excluding hydrogens is 408 g/mol. The molecule has 1 aliphatic carbocycles. The number of rotatable bonds is 10. The second-order valence-corrected chi connectivity index (χ2v) is 8.03. The number of amides is 2. The molecule has 0 saturated carbocycles. The zero-order valence-corrected chi connectivity index (χ0v) is 18.5. The van der Waals surface area contributed by atoms with Gasteiger partial charge in [-0.15, -0.1) is 0 Å². The van der Waals surface area contributed by atoms with Gasteiger partial charge >= 0.3 is 12.1 Å². The van der Waals surface area contributed by atoms with Gasteiger partial charge in [0.15, 0.2) is 0 Å². The molecule has 0 radical (unpaired) electrons. The number of fused-ring (bicyclic) bond motifs is 3. The van der Waals surface area contributed by atoms with Crippen LogP contribution >= 0.6 is 0 Å². The Bertz CT molecular complexity index is 929. The number of hydrogen-bond acceptors (Lipinski definition) is 4. The highest BCUT2D eigenvalue weighted by molar-refractivity contribution is 5.84. The molecule has 0 heterocycles. The topological polar surface area (TPSA) is 105 Å². The van der Waals surface area contributed by atoms with E-state index < -0.39 is 30.1 Å². The highest BCUT2D eigenvalue weighted by atomic mass is 16.5. The predicted molar refractivity (Wildman–Crippen MR) is 121 cm³/mol. The van der Waals surface area contributed by atoms with Crippen LogP contribution in [0.1, 0.15) is 56.6 Å². The van der Waals surface area contributed by atoms with Crippen LogP contribution in [-0.2, 0) is 14.3 Å². The maximum Gasteiger partial charge on any atom is 0.407 e. The minimum absolute atomic E-state index is 0.00576. The summed E-state index contributed by atoms with van der Waals surface area (Å²) in [6.07, 6.45) is 0.927. The van der Waals surface area contributed by atoms with Crippen molar-refractivity contribution in [3.8, 4) is 11.1 Å². The minimum Gasteiger partial charge on any atom is -0.480 e. The number of carboxylic acid groups (broad SMARTS) is 1. The fraction of sp³-hybridized carbons (Fsp3) is 0.400. The van der Waals surface area contributed by atoms with E-state index in [0.29, 0.717) is 19.3 Å². The summed E-state index contributed by atoms with van der Waals surface area (Å²) in [6.45, 7) is 3.90. The number of aliphatic carboxylic acids is 1. The number of hydrogen-bond donors (Lipinski definition) is 3. The maximum atomic E-state index is 12.4. The third-order valence-electron chi connectivity index (χ3n) is 5.80. The number of carbonyl (C=O) groups excluding carboxylic acids is 2. The first-order valence-electron chi connectivity index (χ1n) is 11.1. The molecular formula is C25H30N2O5. The molecule has 0 saturated heterocycles. The van der Waals surface area contributed by atoms with Gasteiger partial charge in [-0.1, -0.05) is 68.8 Å². The standard InChI is InChI=1S/C25H30N2O5/c1-3-9-22(24(29)30)27-23(28)14-16(4-2)26-25(31)32-15-21-19-12-7-5-10-17(19)18-11-6-8-13-20(18)21/h5-8,10-13,16,21-22H,3-4,9,14-15H2,1-2H3,(H,26,31)(H,27,28)(H,29,30)/t16?,22-/m1/s1. The maximum absolute atomic E-state index is 12.4. The molecule has 2 aromatic carbocycles. The number of nitrogens with one attached hydrogen (secondary N) is 2. The smallest absolute Gasteiger partial charge is 0.407 e. The normalized spacial score (nSPS) is 14.1. The third kappa shape index (κ3) is 5.46. The molecule has 0 fully saturated rings. The van der Waals surface area contributed by atoms with Gasteiger partial charge < -0.3 is 20.5 Å². The lowest BCUT2D eigenvalue weighted by Crippen LogP contribution is -2.44. The molecule has 1 unspecified atom stereocenters. The highest BCUT2D eigenvalue weighted by Crippen LogP contribution is 2.44. The van der Waals surface area contributed by atoms with Crippen molar-refractivity contribution in [3.63, 3.8) is 0 Å². The molecule has 1 aliphatic rings.